The first-order valence-corrected chi connectivity index (χ1v) is 11.0. The number of hydrogen-bond acceptors (Lipinski definition) is 4. The highest BCUT2D eigenvalue weighted by molar-refractivity contribution is 6.04. The predicted octanol–water partition coefficient (Wildman–Crippen LogP) is 6.37. The number of rotatable bonds is 5. The molecule has 5 rings (SSSR count). The van der Waals surface area contributed by atoms with Crippen LogP contribution >= 0.6 is 0 Å². The maximum atomic E-state index is 12.8. The van der Waals surface area contributed by atoms with E-state index >= 15 is 0 Å². The Morgan fingerprint density at radius 2 is 1.61 bits per heavy atom. The van der Waals surface area contributed by atoms with E-state index in [0.717, 1.165) is 33.2 Å². The van der Waals surface area contributed by atoms with Crippen LogP contribution in [0.4, 0.5) is 0 Å². The Kier molecular flexibility index (Phi) is 5.35. The van der Waals surface area contributed by atoms with Crippen molar-refractivity contribution in [2.75, 3.05) is 13.7 Å². The molecule has 0 saturated heterocycles. The predicted molar refractivity (Wildman–Crippen MR) is 130 cm³/mol. The molecule has 164 valence electrons. The average molecular weight is 437 g/mol. The first-order chi connectivity index (χ1) is 16.2. The SMILES string of the molecule is CCOC(=O)c1cc2ccccc2c2c1C=CC(c1ccccc1)(c1ccc(OC)cc1)O2. The third-order valence-electron chi connectivity index (χ3n) is 6.00. The molecule has 0 aliphatic carbocycles. The number of hydrogen-bond donors (Lipinski definition) is 0. The number of carbonyl (C=O) groups is 1. The molecule has 4 heteroatoms. The van der Waals surface area contributed by atoms with Gasteiger partial charge in [0.25, 0.3) is 0 Å². The third-order valence-corrected chi connectivity index (χ3v) is 6.00. The summed E-state index contributed by atoms with van der Waals surface area (Å²) in [4.78, 5) is 12.8. The zero-order valence-corrected chi connectivity index (χ0v) is 18.6. The molecule has 0 N–H and O–H groups in total. The Balaban J connectivity index is 1.76. The summed E-state index contributed by atoms with van der Waals surface area (Å²) >= 11 is 0. The molecule has 0 saturated carbocycles. The maximum Gasteiger partial charge on any atom is 0.338 e. The largest absolute Gasteiger partial charge is 0.497 e. The third kappa shape index (κ3) is 3.54. The van der Waals surface area contributed by atoms with Crippen molar-refractivity contribution < 1.29 is 19.0 Å². The molecule has 1 aliphatic rings. The van der Waals surface area contributed by atoms with Crippen LogP contribution in [0.1, 0.15) is 34.0 Å². The van der Waals surface area contributed by atoms with Gasteiger partial charge in [-0.05, 0) is 42.7 Å². The zero-order valence-electron chi connectivity index (χ0n) is 18.6. The zero-order chi connectivity index (χ0) is 22.8. The minimum Gasteiger partial charge on any atom is -0.497 e. The van der Waals surface area contributed by atoms with Crippen LogP contribution in [0.15, 0.2) is 91.0 Å². The minimum atomic E-state index is -0.864. The van der Waals surface area contributed by atoms with Crippen LogP contribution in [-0.2, 0) is 10.3 Å². The van der Waals surface area contributed by atoms with Gasteiger partial charge in [-0.2, -0.15) is 0 Å². The van der Waals surface area contributed by atoms with Gasteiger partial charge in [-0.15, -0.1) is 0 Å². The lowest BCUT2D eigenvalue weighted by molar-refractivity contribution is 0.0525. The summed E-state index contributed by atoms with van der Waals surface area (Å²) in [6, 6.07) is 27.8. The van der Waals surface area contributed by atoms with Gasteiger partial charge < -0.3 is 14.2 Å². The Morgan fingerprint density at radius 1 is 0.909 bits per heavy atom. The molecule has 0 radical (unpaired) electrons. The highest BCUT2D eigenvalue weighted by atomic mass is 16.5. The molecule has 4 nitrogen and oxygen atoms in total. The minimum absolute atomic E-state index is 0.310. The molecular weight excluding hydrogens is 412 g/mol. The van der Waals surface area contributed by atoms with Crippen LogP contribution < -0.4 is 9.47 Å². The summed E-state index contributed by atoms with van der Waals surface area (Å²) in [6.45, 7) is 2.12. The van der Waals surface area contributed by atoms with Crippen LogP contribution in [0, 0.1) is 0 Å². The fourth-order valence-electron chi connectivity index (χ4n) is 4.38. The Bertz CT molecular complexity index is 1340. The Labute approximate surface area is 193 Å². The van der Waals surface area contributed by atoms with Crippen molar-refractivity contribution in [3.63, 3.8) is 0 Å². The summed E-state index contributed by atoms with van der Waals surface area (Å²) in [7, 11) is 1.65. The fourth-order valence-corrected chi connectivity index (χ4v) is 4.38. The summed E-state index contributed by atoms with van der Waals surface area (Å²) in [5.74, 6) is 1.08. The van der Waals surface area contributed by atoms with E-state index in [4.69, 9.17) is 14.2 Å². The molecule has 4 aromatic carbocycles. The van der Waals surface area contributed by atoms with Gasteiger partial charge in [-0.25, -0.2) is 4.79 Å². The highest BCUT2D eigenvalue weighted by Crippen LogP contribution is 2.46. The number of esters is 1. The quantitative estimate of drug-likeness (QED) is 0.341. The van der Waals surface area contributed by atoms with E-state index in [2.05, 4.69) is 12.1 Å². The molecule has 1 atom stereocenters. The van der Waals surface area contributed by atoms with E-state index in [-0.39, 0.29) is 5.97 Å². The van der Waals surface area contributed by atoms with Gasteiger partial charge in [0.15, 0.2) is 5.60 Å². The number of benzene rings is 4. The smallest absolute Gasteiger partial charge is 0.338 e. The molecule has 1 aliphatic heterocycles. The van der Waals surface area contributed by atoms with Crippen molar-refractivity contribution >= 4 is 22.8 Å². The fraction of sp³-hybridized carbons (Fsp3) is 0.138. The van der Waals surface area contributed by atoms with Crippen LogP contribution in [0.3, 0.4) is 0 Å². The highest BCUT2D eigenvalue weighted by Gasteiger charge is 2.38. The molecule has 0 fully saturated rings. The maximum absolute atomic E-state index is 12.8. The lowest BCUT2D eigenvalue weighted by Crippen LogP contribution is -2.34. The normalized spacial score (nSPS) is 16.7. The van der Waals surface area contributed by atoms with Gasteiger partial charge in [0.2, 0.25) is 0 Å². The van der Waals surface area contributed by atoms with Gasteiger partial charge >= 0.3 is 5.97 Å². The van der Waals surface area contributed by atoms with E-state index in [9.17, 15) is 4.79 Å². The van der Waals surface area contributed by atoms with E-state index in [1.165, 1.54) is 0 Å². The summed E-state index contributed by atoms with van der Waals surface area (Å²) in [6.07, 6.45) is 4.00. The van der Waals surface area contributed by atoms with E-state index < -0.39 is 5.60 Å². The average Bonchev–Trinajstić information content (AvgIpc) is 2.88. The van der Waals surface area contributed by atoms with E-state index in [1.807, 2.05) is 91.9 Å². The molecular formula is C29H24O4. The molecule has 0 amide bonds. The molecule has 4 aromatic rings. The number of fused-ring (bicyclic) bond motifs is 3. The lowest BCUT2D eigenvalue weighted by atomic mass is 9.82. The van der Waals surface area contributed by atoms with Crippen molar-refractivity contribution in [1.29, 1.82) is 0 Å². The second-order valence-electron chi connectivity index (χ2n) is 7.87. The molecule has 33 heavy (non-hydrogen) atoms. The van der Waals surface area contributed by atoms with Crippen LogP contribution in [0.25, 0.3) is 16.8 Å². The van der Waals surface area contributed by atoms with Gasteiger partial charge in [0, 0.05) is 22.1 Å². The summed E-state index contributed by atoms with van der Waals surface area (Å²) in [5, 5.41) is 1.87. The van der Waals surface area contributed by atoms with Crippen LogP contribution in [-0.4, -0.2) is 19.7 Å². The van der Waals surface area contributed by atoms with Crippen LogP contribution in [0.2, 0.25) is 0 Å². The first kappa shape index (κ1) is 20.8. The number of carbonyl (C=O) groups excluding carboxylic acids is 1. The first-order valence-electron chi connectivity index (χ1n) is 11.0. The second kappa shape index (κ2) is 8.47. The summed E-state index contributed by atoms with van der Waals surface area (Å²) < 4.78 is 17.6. The van der Waals surface area contributed by atoms with Crippen molar-refractivity contribution in [2.45, 2.75) is 12.5 Å². The Morgan fingerprint density at radius 3 is 2.33 bits per heavy atom. The van der Waals surface area contributed by atoms with Crippen molar-refractivity contribution in [3.8, 4) is 11.5 Å². The van der Waals surface area contributed by atoms with E-state index in [1.54, 1.807) is 7.11 Å². The summed E-state index contributed by atoms with van der Waals surface area (Å²) in [5.41, 5.74) is 2.31. The van der Waals surface area contributed by atoms with Crippen molar-refractivity contribution in [2.24, 2.45) is 0 Å². The van der Waals surface area contributed by atoms with Gasteiger partial charge in [0.05, 0.1) is 19.3 Å². The van der Waals surface area contributed by atoms with Crippen molar-refractivity contribution in [1.82, 2.24) is 0 Å². The van der Waals surface area contributed by atoms with Gasteiger partial charge in [-0.3, -0.25) is 0 Å². The standard InChI is InChI=1S/C29H24O4/c1-3-32-28(30)26-19-20-9-7-8-12-24(20)27-25(26)17-18-29(33-27,21-10-5-4-6-11-21)22-13-15-23(31-2)16-14-22/h4-19H,3H2,1-2H3. The molecule has 1 heterocycles. The molecule has 0 bridgehead atoms. The Hall–Kier alpha value is -4.05. The second-order valence-corrected chi connectivity index (χ2v) is 7.87. The van der Waals surface area contributed by atoms with Gasteiger partial charge in [0.1, 0.15) is 11.5 Å². The molecule has 0 aromatic heterocycles. The number of ether oxygens (including phenoxy) is 3. The topological polar surface area (TPSA) is 44.8 Å². The van der Waals surface area contributed by atoms with Crippen molar-refractivity contribution in [3.05, 3.63) is 113 Å². The van der Waals surface area contributed by atoms with E-state index in [0.29, 0.717) is 17.9 Å². The molecule has 1 unspecified atom stereocenters. The number of methoxy groups -OCH3 is 1. The van der Waals surface area contributed by atoms with Crippen LogP contribution in [0.5, 0.6) is 11.5 Å². The lowest BCUT2D eigenvalue weighted by Gasteiger charge is -2.37. The monoisotopic (exact) mass is 436 g/mol. The molecule has 0 spiro atoms. The van der Waals surface area contributed by atoms with Gasteiger partial charge in [-0.1, -0.05) is 66.7 Å².